The average molecular weight is 608 g/mol. The van der Waals surface area contributed by atoms with Gasteiger partial charge in [0.05, 0.1) is 23.1 Å². The Morgan fingerprint density at radius 3 is 2.21 bits per heavy atom. The minimum atomic E-state index is -2.81. The largest absolute Gasteiger partial charge is 0.506 e. The van der Waals surface area contributed by atoms with Gasteiger partial charge in [0.1, 0.15) is 5.75 Å². The molecule has 43 heavy (non-hydrogen) atoms. The van der Waals surface area contributed by atoms with E-state index in [1.807, 2.05) is 19.1 Å². The van der Waals surface area contributed by atoms with Crippen LogP contribution in [0.3, 0.4) is 0 Å². The number of aliphatic hydroxyl groups is 1. The number of thioether (sulfide) groups is 1. The molecule has 0 heterocycles. The van der Waals surface area contributed by atoms with E-state index >= 15 is 0 Å². The molecule has 3 aliphatic carbocycles. The van der Waals surface area contributed by atoms with Crippen LogP contribution in [-0.4, -0.2) is 89.1 Å². The summed E-state index contributed by atoms with van der Waals surface area (Å²) in [5.74, 6) is -11.5. The summed E-state index contributed by atoms with van der Waals surface area (Å²) < 4.78 is 0. The van der Waals surface area contributed by atoms with E-state index < -0.39 is 75.2 Å². The number of rotatable bonds is 5. The predicted octanol–water partition coefficient (Wildman–Crippen LogP) is 1.17. The fourth-order valence-corrected chi connectivity index (χ4v) is 7.73. The van der Waals surface area contributed by atoms with Crippen molar-refractivity contribution in [1.29, 1.82) is 0 Å². The Morgan fingerprint density at radius 2 is 1.65 bits per heavy atom. The van der Waals surface area contributed by atoms with Gasteiger partial charge in [0.2, 0.25) is 11.0 Å². The number of anilines is 1. The summed E-state index contributed by atoms with van der Waals surface area (Å²) in [4.78, 5) is 84.3. The Bertz CT molecular complexity index is 1600. The third-order valence-electron chi connectivity index (χ3n) is 8.97. The molecule has 0 spiro atoms. The lowest BCUT2D eigenvalue weighted by atomic mass is 9.52. The van der Waals surface area contributed by atoms with Crippen LogP contribution >= 0.6 is 11.8 Å². The van der Waals surface area contributed by atoms with Gasteiger partial charge in [-0.05, 0) is 75.3 Å². The van der Waals surface area contributed by atoms with E-state index in [1.54, 1.807) is 31.1 Å². The van der Waals surface area contributed by atoms with Crippen LogP contribution in [0.25, 0.3) is 0 Å². The number of carbonyl (C=O) groups excluding carboxylic acids is 6. The SMILES string of the molecule is Cc1ccc(SC(=O)c2cc(N(C)C)c3c(c2O)C(=O)C2C(=O)[C@]4(O)C(=O)C(C(N)=O)C(=O)[C@@H](N(C)C)[C@@H]4C[C@@H]2C3)cc1. The number of amides is 1. The maximum absolute atomic E-state index is 14.1. The van der Waals surface area contributed by atoms with Crippen molar-refractivity contribution in [3.63, 3.8) is 0 Å². The molecule has 0 radical (unpaired) electrons. The van der Waals surface area contributed by atoms with Crippen molar-refractivity contribution in [2.24, 2.45) is 29.4 Å². The molecule has 4 N–H and O–H groups in total. The van der Waals surface area contributed by atoms with Gasteiger partial charge in [0.25, 0.3) is 0 Å². The highest BCUT2D eigenvalue weighted by Crippen LogP contribution is 2.52. The molecule has 12 heteroatoms. The second kappa shape index (κ2) is 10.7. The van der Waals surface area contributed by atoms with Gasteiger partial charge in [-0.25, -0.2) is 0 Å². The highest BCUT2D eigenvalue weighted by molar-refractivity contribution is 8.14. The monoisotopic (exact) mass is 607 g/mol. The van der Waals surface area contributed by atoms with Gasteiger partial charge in [-0.1, -0.05) is 17.7 Å². The number of nitrogens with two attached hydrogens (primary N) is 1. The summed E-state index contributed by atoms with van der Waals surface area (Å²) in [7, 11) is 6.51. The molecule has 11 nitrogen and oxygen atoms in total. The number of primary amides is 1. The molecule has 0 saturated heterocycles. The van der Waals surface area contributed by atoms with E-state index in [1.165, 1.54) is 25.1 Å². The first kappa shape index (κ1) is 30.6. The molecule has 2 fully saturated rings. The summed E-state index contributed by atoms with van der Waals surface area (Å²) in [5.41, 5.74) is 4.14. The number of phenolic OH excluding ortho intramolecular Hbond substituents is 1. The molecule has 1 amide bonds. The maximum atomic E-state index is 14.1. The molecule has 3 aliphatic rings. The van der Waals surface area contributed by atoms with Gasteiger partial charge in [-0.2, -0.15) is 0 Å². The van der Waals surface area contributed by atoms with E-state index in [0.717, 1.165) is 17.3 Å². The van der Waals surface area contributed by atoms with Gasteiger partial charge in [-0.3, -0.25) is 33.7 Å². The lowest BCUT2D eigenvalue weighted by Gasteiger charge is -2.52. The number of aryl methyl sites for hydroxylation is 1. The molecular weight excluding hydrogens is 574 g/mol. The van der Waals surface area contributed by atoms with Crippen LogP contribution < -0.4 is 10.6 Å². The molecule has 0 bridgehead atoms. The fraction of sp³-hybridized carbons (Fsp3) is 0.419. The molecule has 2 unspecified atom stereocenters. The smallest absolute Gasteiger partial charge is 0.235 e. The minimum absolute atomic E-state index is 0.0541. The summed E-state index contributed by atoms with van der Waals surface area (Å²) in [6.45, 7) is 1.91. The Hall–Kier alpha value is -3.87. The van der Waals surface area contributed by atoms with Crippen molar-refractivity contribution in [1.82, 2.24) is 4.90 Å². The van der Waals surface area contributed by atoms with E-state index in [2.05, 4.69) is 0 Å². The summed E-state index contributed by atoms with van der Waals surface area (Å²) in [6.07, 6.45) is 0.0496. The second-order valence-corrected chi connectivity index (χ2v) is 13.1. The minimum Gasteiger partial charge on any atom is -0.506 e. The maximum Gasteiger partial charge on any atom is 0.235 e. The summed E-state index contributed by atoms with van der Waals surface area (Å²) in [5, 5.41) is 22.6. The Morgan fingerprint density at radius 1 is 1.02 bits per heavy atom. The van der Waals surface area contributed by atoms with Gasteiger partial charge in [-0.15, -0.1) is 0 Å². The topological polar surface area (TPSA) is 175 Å². The molecule has 2 saturated carbocycles. The highest BCUT2D eigenvalue weighted by Gasteiger charge is 2.69. The second-order valence-electron chi connectivity index (χ2n) is 12.0. The number of Topliss-reactive ketones (excluding diaryl/α,β-unsaturated/α-hetero) is 4. The summed E-state index contributed by atoms with van der Waals surface area (Å²) >= 11 is 0.875. The highest BCUT2D eigenvalue weighted by atomic mass is 32.2. The van der Waals surface area contributed by atoms with Crippen LogP contribution in [0.2, 0.25) is 0 Å². The van der Waals surface area contributed by atoms with Crippen LogP contribution in [0.5, 0.6) is 5.75 Å². The number of nitrogens with zero attached hydrogens (tertiary/aromatic N) is 2. The number of hydrogen-bond acceptors (Lipinski definition) is 11. The van der Waals surface area contributed by atoms with Crippen molar-refractivity contribution in [2.75, 3.05) is 33.1 Å². The van der Waals surface area contributed by atoms with Gasteiger partial charge >= 0.3 is 0 Å². The van der Waals surface area contributed by atoms with E-state index in [4.69, 9.17) is 5.73 Å². The lowest BCUT2D eigenvalue weighted by molar-refractivity contribution is -0.181. The molecule has 0 aromatic heterocycles. The first-order chi connectivity index (χ1) is 20.1. The number of carbonyl (C=O) groups is 6. The van der Waals surface area contributed by atoms with Crippen molar-refractivity contribution < 1.29 is 39.0 Å². The predicted molar refractivity (Wildman–Crippen MR) is 157 cm³/mol. The first-order valence-corrected chi connectivity index (χ1v) is 14.6. The van der Waals surface area contributed by atoms with Crippen LogP contribution in [-0.2, 0) is 25.6 Å². The quantitative estimate of drug-likeness (QED) is 0.329. The zero-order chi connectivity index (χ0) is 31.7. The molecule has 2 aromatic carbocycles. The number of benzene rings is 2. The van der Waals surface area contributed by atoms with Gasteiger partial charge in [0, 0.05) is 30.6 Å². The first-order valence-electron chi connectivity index (χ1n) is 13.8. The standard InChI is InChI=1S/C31H33N3O8S/c1-13-6-8-15(9-7-13)43-30(41)17-12-19(33(2)3)16-10-14-11-18-23(34(4)5)26(37)22(29(32)40)28(39)31(18,42)27(38)20(14)25(36)21(16)24(17)35/h6-9,12,14,18,20,22-23,35,42H,10-11H2,1-5H3,(H2,32,40)/t14-,18-,20?,22?,23-,31-/m0/s1. The van der Waals surface area contributed by atoms with Crippen LogP contribution in [0.15, 0.2) is 35.2 Å². The number of ketones is 4. The Balaban J connectivity index is 1.62. The number of fused-ring (bicyclic) bond motifs is 3. The Kier molecular flexibility index (Phi) is 7.60. The average Bonchev–Trinajstić information content (AvgIpc) is 2.91. The number of likely N-dealkylation sites (N-methyl/N-ethyl adjacent to an activating group) is 1. The van der Waals surface area contributed by atoms with Crippen molar-refractivity contribution in [2.45, 2.75) is 36.3 Å². The molecule has 0 aliphatic heterocycles. The van der Waals surface area contributed by atoms with Crippen LogP contribution in [0.4, 0.5) is 5.69 Å². The third kappa shape index (κ3) is 4.59. The Labute approximate surface area is 252 Å². The van der Waals surface area contributed by atoms with E-state index in [-0.39, 0.29) is 24.0 Å². The number of hydrogen-bond donors (Lipinski definition) is 3. The van der Waals surface area contributed by atoms with Gasteiger partial charge in [0.15, 0.2) is 34.7 Å². The van der Waals surface area contributed by atoms with E-state index in [0.29, 0.717) is 16.1 Å². The normalized spacial score (nSPS) is 28.3. The third-order valence-corrected chi connectivity index (χ3v) is 9.88. The van der Waals surface area contributed by atoms with Crippen LogP contribution in [0.1, 0.15) is 38.3 Å². The van der Waals surface area contributed by atoms with Crippen molar-refractivity contribution >= 4 is 51.6 Å². The van der Waals surface area contributed by atoms with Crippen LogP contribution in [0, 0.1) is 30.6 Å². The number of phenols is 1. The van der Waals surface area contributed by atoms with E-state index in [9.17, 15) is 39.0 Å². The van der Waals surface area contributed by atoms with Gasteiger partial charge < -0.3 is 20.8 Å². The fourth-order valence-electron chi connectivity index (χ4n) is 6.98. The van der Waals surface area contributed by atoms with Crippen molar-refractivity contribution in [3.05, 3.63) is 52.6 Å². The molecule has 5 rings (SSSR count). The zero-order valence-corrected chi connectivity index (χ0v) is 25.2. The number of aromatic hydroxyl groups is 1. The summed E-state index contributed by atoms with van der Waals surface area (Å²) in [6, 6.07) is 7.55. The molecule has 2 aromatic rings. The molecule has 6 atom stereocenters. The molecule has 226 valence electrons. The zero-order valence-electron chi connectivity index (χ0n) is 24.4. The lowest BCUT2D eigenvalue weighted by Crippen LogP contribution is -2.74. The van der Waals surface area contributed by atoms with Crippen molar-refractivity contribution in [3.8, 4) is 5.75 Å². The molecular formula is C31H33N3O8S.